The van der Waals surface area contributed by atoms with Crippen LogP contribution in [0.1, 0.15) is 49.8 Å². The summed E-state index contributed by atoms with van der Waals surface area (Å²) in [6.07, 6.45) is 5.67. The zero-order valence-corrected chi connectivity index (χ0v) is 19.9. The first-order valence-corrected chi connectivity index (χ1v) is 12.7. The molecule has 1 saturated heterocycles. The molecule has 5 nitrogen and oxygen atoms in total. The average molecular weight is 446 g/mol. The average Bonchev–Trinajstić information content (AvgIpc) is 3.25. The van der Waals surface area contributed by atoms with Gasteiger partial charge in [0.1, 0.15) is 11.8 Å². The Kier molecular flexibility index (Phi) is 5.13. The van der Waals surface area contributed by atoms with Crippen molar-refractivity contribution in [3.63, 3.8) is 0 Å². The highest BCUT2D eigenvalue weighted by molar-refractivity contribution is 6.04. The SMILES string of the molecule is CC1C(=O)Nc2cccc3c2N1CC[C@@H]1CCN(CCCc2cccc4c2OCC4)C[C@@]31C. The molecule has 5 heteroatoms. The second-order valence-corrected chi connectivity index (χ2v) is 10.6. The highest BCUT2D eigenvalue weighted by atomic mass is 16.5. The molecule has 0 bridgehead atoms. The van der Waals surface area contributed by atoms with E-state index in [2.05, 4.69) is 58.4 Å². The highest BCUT2D eigenvalue weighted by Gasteiger charge is 2.47. The van der Waals surface area contributed by atoms with E-state index in [9.17, 15) is 4.79 Å². The molecule has 0 saturated carbocycles. The van der Waals surface area contributed by atoms with E-state index < -0.39 is 0 Å². The van der Waals surface area contributed by atoms with Crippen molar-refractivity contribution in [1.82, 2.24) is 4.90 Å². The smallest absolute Gasteiger partial charge is 0.246 e. The van der Waals surface area contributed by atoms with Gasteiger partial charge in [-0.2, -0.15) is 0 Å². The molecule has 1 unspecified atom stereocenters. The number of piperidine rings is 1. The minimum absolute atomic E-state index is 0.103. The molecule has 6 rings (SSSR count). The topological polar surface area (TPSA) is 44.8 Å². The van der Waals surface area contributed by atoms with E-state index in [-0.39, 0.29) is 17.4 Å². The van der Waals surface area contributed by atoms with E-state index >= 15 is 0 Å². The van der Waals surface area contributed by atoms with Gasteiger partial charge in [0, 0.05) is 24.9 Å². The van der Waals surface area contributed by atoms with Crippen LogP contribution in [0.15, 0.2) is 36.4 Å². The molecule has 4 aliphatic rings. The number of nitrogens with zero attached hydrogens (tertiary/aromatic N) is 2. The van der Waals surface area contributed by atoms with Crippen LogP contribution in [-0.2, 0) is 23.1 Å². The minimum atomic E-state index is -0.103. The first-order chi connectivity index (χ1) is 16.0. The molecule has 2 aromatic carbocycles. The third-order valence-corrected chi connectivity index (χ3v) is 8.73. The molecule has 4 heterocycles. The molecular weight excluding hydrogens is 410 g/mol. The molecule has 33 heavy (non-hydrogen) atoms. The summed E-state index contributed by atoms with van der Waals surface area (Å²) in [7, 11) is 0. The fraction of sp³-hybridized carbons (Fsp3) is 0.536. The van der Waals surface area contributed by atoms with Crippen molar-refractivity contribution in [3.05, 3.63) is 53.1 Å². The number of para-hydroxylation sites is 2. The number of anilines is 2. The van der Waals surface area contributed by atoms with Gasteiger partial charge in [0.05, 0.1) is 18.0 Å². The summed E-state index contributed by atoms with van der Waals surface area (Å²) in [5.74, 6) is 1.92. The zero-order valence-electron chi connectivity index (χ0n) is 19.9. The molecule has 0 spiro atoms. The molecule has 174 valence electrons. The standard InChI is InChI=1S/C28H35N3O2/c1-19-27(32)29-24-10-4-9-23-25(24)31(19)16-12-22-11-15-30(18-28(22,23)2)14-5-8-20-6-3-7-21-13-17-33-26(20)21/h3-4,6-7,9-10,19,22H,5,8,11-18H2,1-2H3,(H,29,32)/t19?,22-,28+/m0/s1. The van der Waals surface area contributed by atoms with Gasteiger partial charge in [-0.3, -0.25) is 4.79 Å². The van der Waals surface area contributed by atoms with Crippen LogP contribution in [0.25, 0.3) is 0 Å². The Bertz CT molecular complexity index is 1080. The highest BCUT2D eigenvalue weighted by Crippen LogP contribution is 2.50. The molecule has 3 atom stereocenters. The number of aryl methyl sites for hydroxylation is 1. The summed E-state index contributed by atoms with van der Waals surface area (Å²) < 4.78 is 5.92. The number of fused-ring (bicyclic) bond motifs is 3. The van der Waals surface area contributed by atoms with Crippen LogP contribution in [0.4, 0.5) is 11.4 Å². The van der Waals surface area contributed by atoms with Crippen molar-refractivity contribution in [2.45, 2.75) is 57.4 Å². The number of benzene rings is 2. The van der Waals surface area contributed by atoms with Gasteiger partial charge in [0.15, 0.2) is 0 Å². The molecule has 0 aliphatic carbocycles. The molecule has 0 radical (unpaired) electrons. The summed E-state index contributed by atoms with van der Waals surface area (Å²) in [6.45, 7) is 9.70. The van der Waals surface area contributed by atoms with Gasteiger partial charge in [-0.25, -0.2) is 0 Å². The lowest BCUT2D eigenvalue weighted by Crippen LogP contribution is -2.50. The second kappa shape index (κ2) is 8.05. The molecule has 1 amide bonds. The molecular formula is C28H35N3O2. The van der Waals surface area contributed by atoms with Gasteiger partial charge < -0.3 is 19.9 Å². The van der Waals surface area contributed by atoms with Crippen LogP contribution in [0, 0.1) is 5.92 Å². The maximum atomic E-state index is 12.6. The summed E-state index contributed by atoms with van der Waals surface area (Å²) in [5, 5.41) is 3.17. The summed E-state index contributed by atoms with van der Waals surface area (Å²) in [5.41, 5.74) is 6.54. The third-order valence-electron chi connectivity index (χ3n) is 8.73. The Morgan fingerprint density at radius 2 is 2.00 bits per heavy atom. The molecule has 2 aromatic rings. The van der Waals surface area contributed by atoms with Crippen LogP contribution in [0.2, 0.25) is 0 Å². The molecule has 1 fully saturated rings. The van der Waals surface area contributed by atoms with Gasteiger partial charge in [-0.1, -0.05) is 37.3 Å². The first-order valence-electron chi connectivity index (χ1n) is 12.7. The van der Waals surface area contributed by atoms with Gasteiger partial charge in [0.2, 0.25) is 5.91 Å². The van der Waals surface area contributed by atoms with Crippen molar-refractivity contribution in [1.29, 1.82) is 0 Å². The Labute approximate surface area is 197 Å². The summed E-state index contributed by atoms with van der Waals surface area (Å²) >= 11 is 0. The molecule has 4 aliphatic heterocycles. The van der Waals surface area contributed by atoms with Gasteiger partial charge in [-0.05, 0) is 74.4 Å². The maximum Gasteiger partial charge on any atom is 0.246 e. The van der Waals surface area contributed by atoms with Crippen LogP contribution in [-0.4, -0.2) is 49.6 Å². The maximum absolute atomic E-state index is 12.6. The van der Waals surface area contributed by atoms with Crippen LogP contribution >= 0.6 is 0 Å². The van der Waals surface area contributed by atoms with Crippen molar-refractivity contribution >= 4 is 17.3 Å². The Morgan fingerprint density at radius 3 is 2.91 bits per heavy atom. The number of carbonyl (C=O) groups is 1. The second-order valence-electron chi connectivity index (χ2n) is 10.6. The largest absolute Gasteiger partial charge is 0.493 e. The third kappa shape index (κ3) is 3.43. The number of carbonyl (C=O) groups excluding carboxylic acids is 1. The summed E-state index contributed by atoms with van der Waals surface area (Å²) in [6, 6.07) is 13.0. The lowest BCUT2D eigenvalue weighted by molar-refractivity contribution is -0.117. The number of amides is 1. The number of ether oxygens (including phenoxy) is 1. The number of hydrogen-bond acceptors (Lipinski definition) is 4. The fourth-order valence-corrected chi connectivity index (χ4v) is 6.85. The van der Waals surface area contributed by atoms with Gasteiger partial charge >= 0.3 is 0 Å². The Morgan fingerprint density at radius 1 is 1.15 bits per heavy atom. The predicted molar refractivity (Wildman–Crippen MR) is 132 cm³/mol. The number of rotatable bonds is 4. The van der Waals surface area contributed by atoms with E-state index in [1.54, 1.807) is 0 Å². The number of likely N-dealkylation sites (tertiary alicyclic amines) is 1. The number of nitrogens with one attached hydrogen (secondary N) is 1. The van der Waals surface area contributed by atoms with Crippen LogP contribution in [0.5, 0.6) is 5.75 Å². The quantitative estimate of drug-likeness (QED) is 0.758. The van der Waals surface area contributed by atoms with E-state index in [1.165, 1.54) is 35.3 Å². The van der Waals surface area contributed by atoms with E-state index in [4.69, 9.17) is 4.74 Å². The summed E-state index contributed by atoms with van der Waals surface area (Å²) in [4.78, 5) is 17.6. The van der Waals surface area contributed by atoms with Crippen molar-refractivity contribution in [2.75, 3.05) is 43.0 Å². The Balaban J connectivity index is 1.22. The zero-order chi connectivity index (χ0) is 22.6. The van der Waals surface area contributed by atoms with E-state index in [0.29, 0.717) is 5.92 Å². The lowest BCUT2D eigenvalue weighted by atomic mass is 9.66. The van der Waals surface area contributed by atoms with Crippen molar-refractivity contribution < 1.29 is 9.53 Å². The monoisotopic (exact) mass is 445 g/mol. The van der Waals surface area contributed by atoms with Crippen molar-refractivity contribution in [2.24, 2.45) is 5.92 Å². The van der Waals surface area contributed by atoms with E-state index in [0.717, 1.165) is 63.4 Å². The van der Waals surface area contributed by atoms with Crippen LogP contribution < -0.4 is 15.0 Å². The van der Waals surface area contributed by atoms with E-state index in [1.807, 2.05) is 6.92 Å². The van der Waals surface area contributed by atoms with Gasteiger partial charge in [-0.15, -0.1) is 0 Å². The molecule has 1 N–H and O–H groups in total. The molecule has 0 aromatic heterocycles. The first kappa shape index (κ1) is 21.0. The number of hydrogen-bond donors (Lipinski definition) is 1. The minimum Gasteiger partial charge on any atom is -0.493 e. The van der Waals surface area contributed by atoms with Crippen molar-refractivity contribution in [3.8, 4) is 5.75 Å². The fourth-order valence-electron chi connectivity index (χ4n) is 6.85. The lowest BCUT2D eigenvalue weighted by Gasteiger charge is -2.47. The predicted octanol–water partition coefficient (Wildman–Crippen LogP) is 4.38. The van der Waals surface area contributed by atoms with Gasteiger partial charge in [0.25, 0.3) is 0 Å². The Hall–Kier alpha value is -2.53. The van der Waals surface area contributed by atoms with Crippen LogP contribution in [0.3, 0.4) is 0 Å². The normalized spacial score (nSPS) is 28.3.